The van der Waals surface area contributed by atoms with E-state index in [9.17, 15) is 14.9 Å². The lowest BCUT2D eigenvalue weighted by atomic mass is 9.95. The van der Waals surface area contributed by atoms with Crippen molar-refractivity contribution in [3.8, 4) is 6.07 Å². The molecule has 118 valence electrons. The van der Waals surface area contributed by atoms with Gasteiger partial charge in [-0.2, -0.15) is 5.26 Å². The topological polar surface area (TPSA) is 76.4 Å². The minimum absolute atomic E-state index is 0.126. The Balaban J connectivity index is 5.74. The molecule has 0 spiro atoms. The number of ether oxygens (including phenoxy) is 2. The number of rotatable bonds is 6. The summed E-state index contributed by atoms with van der Waals surface area (Å²) in [5, 5.41) is 9.25. The molecule has 0 bridgehead atoms. The number of nitrogens with zero attached hydrogens (tertiary/aromatic N) is 1. The molecule has 0 rings (SSSR count). The highest BCUT2D eigenvalue weighted by atomic mass is 16.5. The summed E-state index contributed by atoms with van der Waals surface area (Å²) in [5.74, 6) is -1.26. The van der Waals surface area contributed by atoms with E-state index in [0.29, 0.717) is 12.8 Å². The van der Waals surface area contributed by atoms with Crippen molar-refractivity contribution in [1.82, 2.24) is 0 Å². The predicted molar refractivity (Wildman–Crippen MR) is 78.9 cm³/mol. The van der Waals surface area contributed by atoms with Gasteiger partial charge in [0.05, 0.1) is 12.0 Å². The van der Waals surface area contributed by atoms with Gasteiger partial charge in [0, 0.05) is 5.92 Å². The molecule has 0 radical (unpaired) electrons. The molecule has 0 amide bonds. The van der Waals surface area contributed by atoms with Crippen molar-refractivity contribution in [2.24, 2.45) is 11.3 Å². The fourth-order valence-corrected chi connectivity index (χ4v) is 1.66. The predicted octanol–water partition coefficient (Wildman–Crippen LogP) is 3.35. The summed E-state index contributed by atoms with van der Waals surface area (Å²) in [4.78, 5) is 24.0. The molecule has 0 aliphatic carbocycles. The first-order chi connectivity index (χ1) is 9.72. The summed E-state index contributed by atoms with van der Waals surface area (Å²) >= 11 is 0. The van der Waals surface area contributed by atoms with Crippen molar-refractivity contribution in [2.45, 2.75) is 54.4 Å². The van der Waals surface area contributed by atoms with E-state index in [1.54, 1.807) is 27.7 Å². The number of hydrogen-bond donors (Lipinski definition) is 0. The Morgan fingerprint density at radius 2 is 1.67 bits per heavy atom. The van der Waals surface area contributed by atoms with Gasteiger partial charge in [0.15, 0.2) is 5.57 Å². The smallest absolute Gasteiger partial charge is 0.352 e. The Labute approximate surface area is 126 Å². The van der Waals surface area contributed by atoms with Crippen LogP contribution >= 0.6 is 0 Å². The zero-order valence-electron chi connectivity index (χ0n) is 13.8. The molecular formula is C16H25NO4. The van der Waals surface area contributed by atoms with Crippen LogP contribution in [0, 0.1) is 22.7 Å². The van der Waals surface area contributed by atoms with Gasteiger partial charge < -0.3 is 9.47 Å². The number of allylic oxidation sites excluding steroid dienone is 1. The third-order valence-electron chi connectivity index (χ3n) is 3.01. The number of nitriles is 1. The first kappa shape index (κ1) is 19.2. The Morgan fingerprint density at radius 3 is 2.00 bits per heavy atom. The van der Waals surface area contributed by atoms with Crippen LogP contribution in [-0.4, -0.2) is 18.5 Å². The molecule has 21 heavy (non-hydrogen) atoms. The van der Waals surface area contributed by atoms with Crippen molar-refractivity contribution in [3.05, 3.63) is 11.3 Å². The third-order valence-corrected chi connectivity index (χ3v) is 3.01. The molecule has 0 aliphatic heterocycles. The Bertz CT molecular complexity index is 448. The molecule has 5 heteroatoms. The molecule has 0 saturated carbocycles. The van der Waals surface area contributed by atoms with Crippen LogP contribution < -0.4 is 0 Å². The fraction of sp³-hybridized carbons (Fsp3) is 0.688. The average molecular weight is 295 g/mol. The highest BCUT2D eigenvalue weighted by Gasteiger charge is 2.30. The van der Waals surface area contributed by atoms with Crippen LogP contribution in [0.3, 0.4) is 0 Å². The summed E-state index contributed by atoms with van der Waals surface area (Å²) in [7, 11) is 0. The van der Waals surface area contributed by atoms with Crippen molar-refractivity contribution >= 4 is 11.9 Å². The lowest BCUT2D eigenvalue weighted by Crippen LogP contribution is -2.26. The maximum atomic E-state index is 12.1. The molecule has 0 aromatic rings. The molecule has 0 aliphatic rings. The molecule has 0 heterocycles. The van der Waals surface area contributed by atoms with Crippen molar-refractivity contribution in [1.29, 1.82) is 5.26 Å². The van der Waals surface area contributed by atoms with Crippen molar-refractivity contribution in [2.75, 3.05) is 6.61 Å². The highest BCUT2D eigenvalue weighted by molar-refractivity contribution is 5.94. The van der Waals surface area contributed by atoms with Crippen molar-refractivity contribution < 1.29 is 19.1 Å². The van der Waals surface area contributed by atoms with Gasteiger partial charge in [-0.3, -0.25) is 4.79 Å². The largest absolute Gasteiger partial charge is 0.462 e. The SMILES string of the molecule is CCOC(=O)/C(C#N)=C(\OC(=O)C(C)(C)C)C(CC)CC. The van der Waals surface area contributed by atoms with Gasteiger partial charge in [-0.15, -0.1) is 0 Å². The molecule has 0 saturated heterocycles. The van der Waals surface area contributed by atoms with Crippen molar-refractivity contribution in [3.63, 3.8) is 0 Å². The molecule has 0 atom stereocenters. The Morgan fingerprint density at radius 1 is 1.14 bits per heavy atom. The van der Waals surface area contributed by atoms with Gasteiger partial charge >= 0.3 is 11.9 Å². The lowest BCUT2D eigenvalue weighted by molar-refractivity contribution is -0.149. The van der Waals surface area contributed by atoms with E-state index in [1.165, 1.54) is 0 Å². The van der Waals surface area contributed by atoms with E-state index < -0.39 is 17.4 Å². The molecule has 0 fully saturated rings. The molecular weight excluding hydrogens is 270 g/mol. The number of esters is 2. The molecule has 5 nitrogen and oxygen atoms in total. The van der Waals surface area contributed by atoms with Gasteiger partial charge in [-0.25, -0.2) is 4.79 Å². The van der Waals surface area contributed by atoms with Crippen LogP contribution in [0.15, 0.2) is 11.3 Å². The van der Waals surface area contributed by atoms with Crippen LogP contribution in [0.5, 0.6) is 0 Å². The number of carbonyl (C=O) groups excluding carboxylic acids is 2. The van der Waals surface area contributed by atoms with Gasteiger partial charge in [0.25, 0.3) is 0 Å². The normalized spacial score (nSPS) is 12.5. The van der Waals surface area contributed by atoms with Gasteiger partial charge in [0.2, 0.25) is 0 Å². The van der Waals surface area contributed by atoms with E-state index in [0.717, 1.165) is 0 Å². The molecule has 0 aromatic heterocycles. The van der Waals surface area contributed by atoms with Crippen LogP contribution in [0.25, 0.3) is 0 Å². The zero-order chi connectivity index (χ0) is 16.6. The first-order valence-electron chi connectivity index (χ1n) is 7.26. The second kappa shape index (κ2) is 8.46. The maximum absolute atomic E-state index is 12.1. The maximum Gasteiger partial charge on any atom is 0.352 e. The summed E-state index contributed by atoms with van der Waals surface area (Å²) in [6.45, 7) is 10.8. The second-order valence-electron chi connectivity index (χ2n) is 5.72. The average Bonchev–Trinajstić information content (AvgIpc) is 2.39. The van der Waals surface area contributed by atoms with Gasteiger partial charge in [-0.05, 0) is 40.5 Å². The third kappa shape index (κ3) is 5.58. The van der Waals surface area contributed by atoms with E-state index in [-0.39, 0.29) is 23.9 Å². The number of hydrogen-bond acceptors (Lipinski definition) is 5. The van der Waals surface area contributed by atoms with E-state index in [2.05, 4.69) is 0 Å². The van der Waals surface area contributed by atoms with Crippen LogP contribution in [0.1, 0.15) is 54.4 Å². The zero-order valence-corrected chi connectivity index (χ0v) is 13.8. The fourth-order valence-electron chi connectivity index (χ4n) is 1.66. The number of carbonyl (C=O) groups is 2. The Hall–Kier alpha value is -1.83. The van der Waals surface area contributed by atoms with E-state index in [1.807, 2.05) is 19.9 Å². The second-order valence-corrected chi connectivity index (χ2v) is 5.72. The lowest BCUT2D eigenvalue weighted by Gasteiger charge is -2.23. The highest BCUT2D eigenvalue weighted by Crippen LogP contribution is 2.27. The minimum atomic E-state index is -0.747. The summed E-state index contributed by atoms with van der Waals surface area (Å²) in [6.07, 6.45) is 1.32. The van der Waals surface area contributed by atoms with Gasteiger partial charge in [0.1, 0.15) is 11.8 Å². The first-order valence-corrected chi connectivity index (χ1v) is 7.26. The van der Waals surface area contributed by atoms with E-state index in [4.69, 9.17) is 9.47 Å². The molecule has 0 unspecified atom stereocenters. The Kier molecular flexibility index (Phi) is 7.72. The summed E-state index contributed by atoms with van der Waals surface area (Å²) < 4.78 is 10.3. The standard InChI is InChI=1S/C16H25NO4/c1-7-11(8-2)13(21-15(19)16(4,5)6)12(10-17)14(18)20-9-3/h11H,7-9H2,1-6H3/b13-12-. The van der Waals surface area contributed by atoms with Gasteiger partial charge in [-0.1, -0.05) is 13.8 Å². The minimum Gasteiger partial charge on any atom is -0.462 e. The molecule has 0 aromatic carbocycles. The van der Waals surface area contributed by atoms with Crippen LogP contribution in [0.4, 0.5) is 0 Å². The summed E-state index contributed by atoms with van der Waals surface area (Å²) in [5.41, 5.74) is -0.935. The van der Waals surface area contributed by atoms with Crippen LogP contribution in [0.2, 0.25) is 0 Å². The monoisotopic (exact) mass is 295 g/mol. The molecule has 0 N–H and O–H groups in total. The summed E-state index contributed by atoms with van der Waals surface area (Å²) in [6, 6.07) is 1.82. The van der Waals surface area contributed by atoms with E-state index >= 15 is 0 Å². The quantitative estimate of drug-likeness (QED) is 0.325. The van der Waals surface area contributed by atoms with Crippen LogP contribution in [-0.2, 0) is 19.1 Å².